The first-order valence-corrected chi connectivity index (χ1v) is 5.36. The van der Waals surface area contributed by atoms with Gasteiger partial charge in [0, 0.05) is 5.56 Å². The molecule has 17 heavy (non-hydrogen) atoms. The standard InChI is InChI=1S/C11H13ClO5/c1-17-10-2-6(5-13)7(3-8(10)14)11(16)9(15)4-12/h2-3,5,9,11,14-16H,4H2,1H3. The fraction of sp³-hybridized carbons (Fsp3) is 0.364. The largest absolute Gasteiger partial charge is 0.504 e. The average Bonchev–Trinajstić information content (AvgIpc) is 2.36. The Morgan fingerprint density at radius 1 is 1.47 bits per heavy atom. The number of phenolic OH excluding ortho intramolecular Hbond substituents is 1. The molecule has 0 bridgehead atoms. The van der Waals surface area contributed by atoms with Crippen molar-refractivity contribution >= 4 is 17.9 Å². The SMILES string of the molecule is COc1cc(C=O)c(C(O)C(O)CCl)cc1O. The number of halogens is 1. The van der Waals surface area contributed by atoms with E-state index >= 15 is 0 Å². The van der Waals surface area contributed by atoms with Gasteiger partial charge in [-0.3, -0.25) is 4.79 Å². The summed E-state index contributed by atoms with van der Waals surface area (Å²) < 4.78 is 4.83. The lowest BCUT2D eigenvalue weighted by Gasteiger charge is -2.18. The molecule has 2 atom stereocenters. The van der Waals surface area contributed by atoms with Gasteiger partial charge in [-0.05, 0) is 17.7 Å². The van der Waals surface area contributed by atoms with E-state index in [2.05, 4.69) is 0 Å². The number of ether oxygens (including phenoxy) is 1. The number of hydrogen-bond acceptors (Lipinski definition) is 5. The summed E-state index contributed by atoms with van der Waals surface area (Å²) in [5, 5.41) is 28.7. The Labute approximate surface area is 103 Å². The zero-order valence-electron chi connectivity index (χ0n) is 9.13. The molecule has 0 amide bonds. The molecule has 0 heterocycles. The second-order valence-corrected chi connectivity index (χ2v) is 3.75. The molecule has 0 aliphatic heterocycles. The van der Waals surface area contributed by atoms with Crippen LogP contribution < -0.4 is 4.74 Å². The van der Waals surface area contributed by atoms with Crippen molar-refractivity contribution in [3.05, 3.63) is 23.3 Å². The van der Waals surface area contributed by atoms with E-state index in [0.29, 0.717) is 6.29 Å². The third-order valence-electron chi connectivity index (χ3n) is 2.35. The number of aliphatic hydroxyl groups is 2. The first kappa shape index (κ1) is 13.8. The van der Waals surface area contributed by atoms with Gasteiger partial charge in [-0.25, -0.2) is 0 Å². The van der Waals surface area contributed by atoms with Crippen LogP contribution in [0.25, 0.3) is 0 Å². The van der Waals surface area contributed by atoms with Crippen LogP contribution in [0.4, 0.5) is 0 Å². The molecule has 0 aromatic heterocycles. The molecule has 0 aliphatic rings. The van der Waals surface area contributed by atoms with Crippen LogP contribution in [0.1, 0.15) is 22.0 Å². The van der Waals surface area contributed by atoms with Gasteiger partial charge in [0.1, 0.15) is 6.10 Å². The van der Waals surface area contributed by atoms with Crippen molar-refractivity contribution in [2.75, 3.05) is 13.0 Å². The Kier molecular flexibility index (Phi) is 4.74. The summed E-state index contributed by atoms with van der Waals surface area (Å²) in [4.78, 5) is 10.9. The minimum Gasteiger partial charge on any atom is -0.504 e. The lowest BCUT2D eigenvalue weighted by molar-refractivity contribution is 0.0321. The fourth-order valence-electron chi connectivity index (χ4n) is 1.41. The van der Waals surface area contributed by atoms with E-state index in [1.807, 2.05) is 0 Å². The number of rotatable bonds is 5. The van der Waals surface area contributed by atoms with E-state index in [-0.39, 0.29) is 28.5 Å². The van der Waals surface area contributed by atoms with E-state index in [1.54, 1.807) is 0 Å². The maximum absolute atomic E-state index is 10.9. The maximum Gasteiger partial charge on any atom is 0.161 e. The van der Waals surface area contributed by atoms with Crippen molar-refractivity contribution in [3.63, 3.8) is 0 Å². The summed E-state index contributed by atoms with van der Waals surface area (Å²) in [5.41, 5.74) is 0.225. The zero-order valence-corrected chi connectivity index (χ0v) is 9.89. The molecule has 0 spiro atoms. The number of aromatic hydroxyl groups is 1. The minimum absolute atomic E-state index is 0.103. The van der Waals surface area contributed by atoms with E-state index in [1.165, 1.54) is 19.2 Å². The quantitative estimate of drug-likeness (QED) is 0.540. The van der Waals surface area contributed by atoms with Crippen LogP contribution in [-0.4, -0.2) is 40.7 Å². The number of benzene rings is 1. The molecule has 1 aromatic carbocycles. The van der Waals surface area contributed by atoms with Crippen LogP contribution in [0.3, 0.4) is 0 Å². The van der Waals surface area contributed by atoms with Gasteiger partial charge >= 0.3 is 0 Å². The summed E-state index contributed by atoms with van der Waals surface area (Å²) in [6, 6.07) is 2.45. The number of carbonyl (C=O) groups is 1. The number of aliphatic hydroxyl groups excluding tert-OH is 2. The smallest absolute Gasteiger partial charge is 0.161 e. The number of hydrogen-bond donors (Lipinski definition) is 3. The Morgan fingerprint density at radius 2 is 2.12 bits per heavy atom. The lowest BCUT2D eigenvalue weighted by Crippen LogP contribution is -2.21. The van der Waals surface area contributed by atoms with Gasteiger partial charge in [0.25, 0.3) is 0 Å². The lowest BCUT2D eigenvalue weighted by atomic mass is 9.99. The summed E-state index contributed by atoms with van der Waals surface area (Å²) in [7, 11) is 1.34. The average molecular weight is 261 g/mol. The minimum atomic E-state index is -1.34. The highest BCUT2D eigenvalue weighted by Gasteiger charge is 2.22. The summed E-state index contributed by atoms with van der Waals surface area (Å²) in [6.07, 6.45) is -2.06. The van der Waals surface area contributed by atoms with Crippen molar-refractivity contribution < 1.29 is 24.9 Å². The molecule has 0 radical (unpaired) electrons. The topological polar surface area (TPSA) is 87.0 Å². The molecule has 94 valence electrons. The van der Waals surface area contributed by atoms with Gasteiger partial charge in [0.2, 0.25) is 0 Å². The highest BCUT2D eigenvalue weighted by molar-refractivity contribution is 6.18. The molecule has 0 fully saturated rings. The Hall–Kier alpha value is -1.30. The van der Waals surface area contributed by atoms with Crippen LogP contribution >= 0.6 is 11.6 Å². The second kappa shape index (κ2) is 5.86. The van der Waals surface area contributed by atoms with Crippen molar-refractivity contribution in [2.24, 2.45) is 0 Å². The normalized spacial score (nSPS) is 14.1. The summed E-state index contributed by atoms with van der Waals surface area (Å²) in [6.45, 7) is 0. The van der Waals surface area contributed by atoms with E-state index in [4.69, 9.17) is 16.3 Å². The third kappa shape index (κ3) is 2.88. The maximum atomic E-state index is 10.9. The number of alkyl halides is 1. The van der Waals surface area contributed by atoms with E-state index < -0.39 is 12.2 Å². The van der Waals surface area contributed by atoms with Crippen LogP contribution in [0, 0.1) is 0 Å². The molecule has 0 aliphatic carbocycles. The van der Waals surface area contributed by atoms with Gasteiger partial charge in [-0.2, -0.15) is 0 Å². The molecule has 0 saturated carbocycles. The summed E-state index contributed by atoms with van der Waals surface area (Å²) >= 11 is 5.41. The van der Waals surface area contributed by atoms with E-state index in [9.17, 15) is 20.1 Å². The first-order chi connectivity index (χ1) is 8.04. The predicted octanol–water partition coefficient (Wildman–Crippen LogP) is 0.846. The van der Waals surface area contributed by atoms with Crippen LogP contribution in [0.5, 0.6) is 11.5 Å². The van der Waals surface area contributed by atoms with Crippen molar-refractivity contribution in [1.29, 1.82) is 0 Å². The molecule has 5 nitrogen and oxygen atoms in total. The zero-order chi connectivity index (χ0) is 13.0. The second-order valence-electron chi connectivity index (χ2n) is 3.44. The van der Waals surface area contributed by atoms with Crippen LogP contribution in [-0.2, 0) is 0 Å². The fourth-order valence-corrected chi connectivity index (χ4v) is 1.58. The highest BCUT2D eigenvalue weighted by atomic mass is 35.5. The summed E-state index contributed by atoms with van der Waals surface area (Å²) in [5.74, 6) is -0.302. The Bertz CT molecular complexity index is 407. The number of aldehydes is 1. The molecular formula is C11H13ClO5. The van der Waals surface area contributed by atoms with Gasteiger partial charge in [0.15, 0.2) is 17.8 Å². The predicted molar refractivity (Wildman–Crippen MR) is 61.7 cm³/mol. The van der Waals surface area contributed by atoms with Crippen molar-refractivity contribution in [1.82, 2.24) is 0 Å². The van der Waals surface area contributed by atoms with Crippen molar-refractivity contribution in [3.8, 4) is 11.5 Å². The van der Waals surface area contributed by atoms with Crippen LogP contribution in [0.15, 0.2) is 12.1 Å². The monoisotopic (exact) mass is 260 g/mol. The first-order valence-electron chi connectivity index (χ1n) is 4.83. The number of phenols is 1. The molecule has 6 heteroatoms. The molecule has 3 N–H and O–H groups in total. The number of methoxy groups -OCH3 is 1. The Morgan fingerprint density at radius 3 is 2.59 bits per heavy atom. The molecular weight excluding hydrogens is 248 g/mol. The van der Waals surface area contributed by atoms with Gasteiger partial charge in [0.05, 0.1) is 19.1 Å². The van der Waals surface area contributed by atoms with E-state index in [0.717, 1.165) is 0 Å². The molecule has 1 rings (SSSR count). The molecule has 1 aromatic rings. The molecule has 0 saturated heterocycles. The van der Waals surface area contributed by atoms with Gasteiger partial charge < -0.3 is 20.1 Å². The molecule has 2 unspecified atom stereocenters. The van der Waals surface area contributed by atoms with Gasteiger partial charge in [-0.15, -0.1) is 11.6 Å². The van der Waals surface area contributed by atoms with Crippen LogP contribution in [0.2, 0.25) is 0 Å². The third-order valence-corrected chi connectivity index (χ3v) is 2.67. The number of carbonyl (C=O) groups excluding carboxylic acids is 1. The highest BCUT2D eigenvalue weighted by Crippen LogP contribution is 2.32. The Balaban J connectivity index is 3.23. The van der Waals surface area contributed by atoms with Crippen molar-refractivity contribution in [2.45, 2.75) is 12.2 Å². The van der Waals surface area contributed by atoms with Gasteiger partial charge in [-0.1, -0.05) is 0 Å².